The Kier molecular flexibility index (Phi) is 6.82. The van der Waals surface area contributed by atoms with Gasteiger partial charge in [0.1, 0.15) is 11.6 Å². The number of amides is 2. The number of urea groups is 1. The number of anilines is 1. The number of benzene rings is 2. The molecule has 0 radical (unpaired) electrons. The molecule has 0 saturated heterocycles. The third kappa shape index (κ3) is 4.20. The van der Waals surface area contributed by atoms with E-state index in [-0.39, 0.29) is 11.2 Å². The molecule has 1 aromatic heterocycles. The zero-order valence-corrected chi connectivity index (χ0v) is 17.6. The van der Waals surface area contributed by atoms with E-state index in [0.29, 0.717) is 36.2 Å². The van der Waals surface area contributed by atoms with E-state index in [1.165, 1.54) is 12.1 Å². The molecule has 1 heterocycles. The number of rotatable bonds is 7. The Bertz CT molecular complexity index is 1100. The summed E-state index contributed by atoms with van der Waals surface area (Å²) in [6.07, 6.45) is 1.32. The highest BCUT2D eigenvalue weighted by molar-refractivity contribution is 5.89. The molecule has 2 amide bonds. The number of fused-ring (bicyclic) bond motifs is 1. The van der Waals surface area contributed by atoms with E-state index in [1.807, 2.05) is 32.9 Å². The van der Waals surface area contributed by atoms with Gasteiger partial charge in [0.05, 0.1) is 22.6 Å². The van der Waals surface area contributed by atoms with Crippen molar-refractivity contribution >= 4 is 22.6 Å². The fraction of sp³-hybridized carbons (Fsp3) is 0.348. The minimum Gasteiger partial charge on any atom is -0.315 e. The van der Waals surface area contributed by atoms with Gasteiger partial charge in [-0.2, -0.15) is 0 Å². The highest BCUT2D eigenvalue weighted by Crippen LogP contribution is 2.25. The summed E-state index contributed by atoms with van der Waals surface area (Å²) >= 11 is 0. The molecule has 0 spiro atoms. The third-order valence-electron chi connectivity index (χ3n) is 5.12. The monoisotopic (exact) mass is 410 g/mol. The highest BCUT2D eigenvalue weighted by Gasteiger charge is 2.27. The number of halogens is 1. The molecule has 3 aromatic rings. The van der Waals surface area contributed by atoms with Crippen LogP contribution in [0.15, 0.2) is 53.3 Å². The molecule has 6 nitrogen and oxygen atoms in total. The molecular formula is C23H27FN4O2. The largest absolute Gasteiger partial charge is 0.322 e. The van der Waals surface area contributed by atoms with Crippen LogP contribution in [0.2, 0.25) is 0 Å². The van der Waals surface area contributed by atoms with Crippen LogP contribution in [-0.4, -0.2) is 27.0 Å². The Labute approximate surface area is 175 Å². The van der Waals surface area contributed by atoms with E-state index in [2.05, 4.69) is 5.32 Å². The second kappa shape index (κ2) is 9.52. The molecule has 0 aliphatic carbocycles. The molecule has 158 valence electrons. The van der Waals surface area contributed by atoms with E-state index >= 15 is 0 Å². The fourth-order valence-electron chi connectivity index (χ4n) is 3.68. The van der Waals surface area contributed by atoms with Gasteiger partial charge in [-0.15, -0.1) is 0 Å². The second-order valence-corrected chi connectivity index (χ2v) is 7.06. The highest BCUT2D eigenvalue weighted by atomic mass is 19.1. The Balaban J connectivity index is 2.05. The van der Waals surface area contributed by atoms with E-state index in [1.54, 1.807) is 33.7 Å². The standard InChI is InChI=1S/C23H27FN4O2/c1-4-15-28-21(25-18-13-9-7-11-16(18)22(28)29)20(5-2)27(6-3)23(30)26-19-14-10-8-12-17(19)24/h7-14,20H,4-6,15H2,1-3H3,(H,26,30). The molecule has 3 rings (SSSR count). The van der Waals surface area contributed by atoms with Crippen LogP contribution in [0.4, 0.5) is 14.9 Å². The van der Waals surface area contributed by atoms with Crippen LogP contribution in [0, 0.1) is 5.82 Å². The number of para-hydroxylation sites is 2. The Hall–Kier alpha value is -3.22. The topological polar surface area (TPSA) is 67.2 Å². The third-order valence-corrected chi connectivity index (χ3v) is 5.12. The molecular weight excluding hydrogens is 383 g/mol. The maximum Gasteiger partial charge on any atom is 0.322 e. The number of carbonyl (C=O) groups excluding carboxylic acids is 1. The first-order valence-corrected chi connectivity index (χ1v) is 10.3. The lowest BCUT2D eigenvalue weighted by molar-refractivity contribution is 0.184. The number of nitrogens with zero attached hydrogens (tertiary/aromatic N) is 3. The molecule has 0 aliphatic heterocycles. The SMILES string of the molecule is CCCn1c(C(CC)N(CC)C(=O)Nc2ccccc2F)nc2ccccc2c1=O. The van der Waals surface area contributed by atoms with Gasteiger partial charge in [-0.1, -0.05) is 38.1 Å². The minimum absolute atomic E-state index is 0.110. The van der Waals surface area contributed by atoms with Gasteiger partial charge >= 0.3 is 6.03 Å². The van der Waals surface area contributed by atoms with Gasteiger partial charge in [-0.3, -0.25) is 9.36 Å². The molecule has 0 saturated carbocycles. The van der Waals surface area contributed by atoms with Crippen LogP contribution in [0.3, 0.4) is 0 Å². The van der Waals surface area contributed by atoms with E-state index in [9.17, 15) is 14.0 Å². The van der Waals surface area contributed by atoms with Crippen molar-refractivity contribution in [1.29, 1.82) is 0 Å². The summed E-state index contributed by atoms with van der Waals surface area (Å²) in [6.45, 7) is 6.69. The van der Waals surface area contributed by atoms with Crippen LogP contribution in [0.1, 0.15) is 45.5 Å². The van der Waals surface area contributed by atoms with E-state index < -0.39 is 17.9 Å². The first-order chi connectivity index (χ1) is 14.5. The molecule has 1 atom stereocenters. The van der Waals surface area contributed by atoms with E-state index in [0.717, 1.165) is 6.42 Å². The molecule has 0 fully saturated rings. The first-order valence-electron chi connectivity index (χ1n) is 10.3. The van der Waals surface area contributed by atoms with Crippen molar-refractivity contribution in [2.45, 2.75) is 46.2 Å². The number of hydrogen-bond donors (Lipinski definition) is 1. The van der Waals surface area contributed by atoms with Gasteiger partial charge in [0, 0.05) is 13.1 Å². The smallest absolute Gasteiger partial charge is 0.315 e. The zero-order valence-electron chi connectivity index (χ0n) is 17.6. The lowest BCUT2D eigenvalue weighted by atomic mass is 10.1. The van der Waals surface area contributed by atoms with Gasteiger partial charge in [-0.25, -0.2) is 14.2 Å². The minimum atomic E-state index is -0.498. The summed E-state index contributed by atoms with van der Waals surface area (Å²) in [4.78, 5) is 32.5. The molecule has 1 N–H and O–H groups in total. The van der Waals surface area contributed by atoms with Crippen molar-refractivity contribution in [3.63, 3.8) is 0 Å². The van der Waals surface area contributed by atoms with Crippen molar-refractivity contribution in [3.05, 3.63) is 70.5 Å². The van der Waals surface area contributed by atoms with Crippen LogP contribution in [-0.2, 0) is 6.54 Å². The number of carbonyl (C=O) groups is 1. The lowest BCUT2D eigenvalue weighted by Crippen LogP contribution is -2.41. The van der Waals surface area contributed by atoms with Crippen molar-refractivity contribution in [1.82, 2.24) is 14.5 Å². The average molecular weight is 410 g/mol. The summed E-state index contributed by atoms with van der Waals surface area (Å²) < 4.78 is 15.7. The summed E-state index contributed by atoms with van der Waals surface area (Å²) in [7, 11) is 0. The van der Waals surface area contributed by atoms with Crippen molar-refractivity contribution in [2.75, 3.05) is 11.9 Å². The van der Waals surface area contributed by atoms with Crippen LogP contribution < -0.4 is 10.9 Å². The van der Waals surface area contributed by atoms with Crippen LogP contribution in [0.25, 0.3) is 10.9 Å². The van der Waals surface area contributed by atoms with Crippen molar-refractivity contribution in [2.24, 2.45) is 0 Å². The molecule has 30 heavy (non-hydrogen) atoms. The molecule has 0 aliphatic rings. The number of nitrogens with one attached hydrogen (secondary N) is 1. The average Bonchev–Trinajstić information content (AvgIpc) is 2.75. The summed E-state index contributed by atoms with van der Waals surface area (Å²) in [5.41, 5.74) is 0.614. The molecule has 0 bridgehead atoms. The van der Waals surface area contributed by atoms with Gasteiger partial charge < -0.3 is 10.2 Å². The molecule has 1 unspecified atom stereocenters. The Morgan fingerprint density at radius 2 is 1.83 bits per heavy atom. The number of hydrogen-bond acceptors (Lipinski definition) is 3. The second-order valence-electron chi connectivity index (χ2n) is 7.06. The lowest BCUT2D eigenvalue weighted by Gasteiger charge is -2.31. The summed E-state index contributed by atoms with van der Waals surface area (Å²) in [5, 5.41) is 3.20. The maximum atomic E-state index is 14.0. The normalized spacial score (nSPS) is 12.0. The summed E-state index contributed by atoms with van der Waals surface area (Å²) in [6, 6.07) is 12.4. The van der Waals surface area contributed by atoms with Gasteiger partial charge in [0.2, 0.25) is 0 Å². The Morgan fingerprint density at radius 1 is 1.13 bits per heavy atom. The molecule has 7 heteroatoms. The van der Waals surface area contributed by atoms with E-state index in [4.69, 9.17) is 4.98 Å². The summed E-state index contributed by atoms with van der Waals surface area (Å²) in [5.74, 6) is 0.0512. The van der Waals surface area contributed by atoms with Crippen molar-refractivity contribution < 1.29 is 9.18 Å². The predicted molar refractivity (Wildman–Crippen MR) is 117 cm³/mol. The van der Waals surface area contributed by atoms with Gasteiger partial charge in [-0.05, 0) is 44.0 Å². The fourth-order valence-corrected chi connectivity index (χ4v) is 3.68. The van der Waals surface area contributed by atoms with Crippen LogP contribution in [0.5, 0.6) is 0 Å². The molecule has 2 aromatic carbocycles. The zero-order chi connectivity index (χ0) is 21.7. The predicted octanol–water partition coefficient (Wildman–Crippen LogP) is 4.95. The van der Waals surface area contributed by atoms with Crippen LogP contribution >= 0.6 is 0 Å². The first kappa shape index (κ1) is 21.5. The number of aromatic nitrogens is 2. The maximum absolute atomic E-state index is 14.0. The Morgan fingerprint density at radius 3 is 2.50 bits per heavy atom. The van der Waals surface area contributed by atoms with Crippen molar-refractivity contribution in [3.8, 4) is 0 Å². The van der Waals surface area contributed by atoms with Gasteiger partial charge in [0.15, 0.2) is 0 Å². The van der Waals surface area contributed by atoms with Gasteiger partial charge in [0.25, 0.3) is 5.56 Å². The quantitative estimate of drug-likeness (QED) is 0.599.